The molecule has 7 heteroatoms. The molecule has 0 radical (unpaired) electrons. The standard InChI is InChI=1S/C9H14F3N3O/c1-8(2,3)6-4-15(14-13-6)5-7(16)9(10,11)12/h4,7,16H,5H2,1-3H3. The highest BCUT2D eigenvalue weighted by atomic mass is 19.4. The predicted octanol–water partition coefficient (Wildman–Crippen LogP) is 1.50. The Labute approximate surface area is 91.1 Å². The normalized spacial score (nSPS) is 15.2. The quantitative estimate of drug-likeness (QED) is 0.848. The smallest absolute Gasteiger partial charge is 0.382 e. The van der Waals surface area contributed by atoms with Crippen molar-refractivity contribution in [3.05, 3.63) is 11.9 Å². The van der Waals surface area contributed by atoms with Crippen LogP contribution < -0.4 is 0 Å². The van der Waals surface area contributed by atoms with Crippen LogP contribution in [0.15, 0.2) is 6.20 Å². The van der Waals surface area contributed by atoms with Gasteiger partial charge in [-0.3, -0.25) is 0 Å². The Morgan fingerprint density at radius 3 is 2.31 bits per heavy atom. The van der Waals surface area contributed by atoms with E-state index < -0.39 is 18.8 Å². The summed E-state index contributed by atoms with van der Waals surface area (Å²) in [5.41, 5.74) is 0.309. The van der Waals surface area contributed by atoms with Crippen molar-refractivity contribution in [2.75, 3.05) is 0 Å². The number of hydrogen-bond donors (Lipinski definition) is 1. The molecule has 16 heavy (non-hydrogen) atoms. The lowest BCUT2D eigenvalue weighted by Gasteiger charge is -2.14. The summed E-state index contributed by atoms with van der Waals surface area (Å²) < 4.78 is 37.2. The molecule has 1 atom stereocenters. The minimum absolute atomic E-state index is 0.276. The molecule has 0 aromatic carbocycles. The first-order chi connectivity index (χ1) is 7.10. The second kappa shape index (κ2) is 4.04. The number of aliphatic hydroxyl groups is 1. The Balaban J connectivity index is 2.74. The van der Waals surface area contributed by atoms with Crippen molar-refractivity contribution >= 4 is 0 Å². The summed E-state index contributed by atoms with van der Waals surface area (Å²) in [7, 11) is 0. The predicted molar refractivity (Wildman–Crippen MR) is 50.8 cm³/mol. The van der Waals surface area contributed by atoms with Crippen molar-refractivity contribution in [1.82, 2.24) is 15.0 Å². The van der Waals surface area contributed by atoms with Crippen LogP contribution in [0.3, 0.4) is 0 Å². The van der Waals surface area contributed by atoms with Crippen LogP contribution in [-0.4, -0.2) is 32.4 Å². The number of aliphatic hydroxyl groups excluding tert-OH is 1. The molecule has 0 bridgehead atoms. The lowest BCUT2D eigenvalue weighted by molar-refractivity contribution is -0.208. The van der Waals surface area contributed by atoms with E-state index in [0.717, 1.165) is 4.68 Å². The van der Waals surface area contributed by atoms with Gasteiger partial charge in [0, 0.05) is 11.6 Å². The van der Waals surface area contributed by atoms with Gasteiger partial charge in [0.15, 0.2) is 6.10 Å². The average Bonchev–Trinajstić information content (AvgIpc) is 2.49. The van der Waals surface area contributed by atoms with Crippen molar-refractivity contribution in [2.24, 2.45) is 0 Å². The molecule has 0 amide bonds. The van der Waals surface area contributed by atoms with Gasteiger partial charge in [-0.2, -0.15) is 13.2 Å². The molecule has 1 aromatic rings. The number of hydrogen-bond acceptors (Lipinski definition) is 3. The zero-order valence-electron chi connectivity index (χ0n) is 9.28. The Morgan fingerprint density at radius 2 is 1.94 bits per heavy atom. The molecular weight excluding hydrogens is 223 g/mol. The lowest BCUT2D eigenvalue weighted by Crippen LogP contribution is -2.33. The molecule has 1 rings (SSSR count). The number of rotatable bonds is 2. The van der Waals surface area contributed by atoms with Gasteiger partial charge in [-0.1, -0.05) is 26.0 Å². The molecular formula is C9H14F3N3O. The number of nitrogens with zero attached hydrogens (tertiary/aromatic N) is 3. The maximum absolute atomic E-state index is 12.1. The van der Waals surface area contributed by atoms with Crippen LogP contribution in [-0.2, 0) is 12.0 Å². The maximum Gasteiger partial charge on any atom is 0.416 e. The molecule has 0 spiro atoms. The minimum atomic E-state index is -4.63. The van der Waals surface area contributed by atoms with E-state index in [-0.39, 0.29) is 5.41 Å². The third-order valence-corrected chi connectivity index (χ3v) is 2.04. The van der Waals surface area contributed by atoms with Gasteiger partial charge in [0.2, 0.25) is 0 Å². The van der Waals surface area contributed by atoms with Crippen molar-refractivity contribution in [3.63, 3.8) is 0 Å². The van der Waals surface area contributed by atoms with E-state index in [0.29, 0.717) is 5.69 Å². The second-order valence-electron chi connectivity index (χ2n) is 4.63. The average molecular weight is 237 g/mol. The van der Waals surface area contributed by atoms with E-state index >= 15 is 0 Å². The third kappa shape index (κ3) is 3.19. The Kier molecular flexibility index (Phi) is 3.27. The number of aromatic nitrogens is 3. The van der Waals surface area contributed by atoms with E-state index in [4.69, 9.17) is 5.11 Å². The largest absolute Gasteiger partial charge is 0.416 e. The number of alkyl halides is 3. The van der Waals surface area contributed by atoms with Crippen molar-refractivity contribution in [2.45, 2.75) is 45.0 Å². The highest BCUT2D eigenvalue weighted by Gasteiger charge is 2.38. The summed E-state index contributed by atoms with van der Waals surface area (Å²) in [5, 5.41) is 16.1. The van der Waals surface area contributed by atoms with Gasteiger partial charge < -0.3 is 5.11 Å². The van der Waals surface area contributed by atoms with Crippen molar-refractivity contribution < 1.29 is 18.3 Å². The molecule has 0 aliphatic carbocycles. The van der Waals surface area contributed by atoms with Crippen LogP contribution in [0.4, 0.5) is 13.2 Å². The molecule has 0 aliphatic rings. The first-order valence-electron chi connectivity index (χ1n) is 4.76. The highest BCUT2D eigenvalue weighted by molar-refractivity contribution is 5.06. The SMILES string of the molecule is CC(C)(C)c1cn(CC(O)C(F)(F)F)nn1. The van der Waals surface area contributed by atoms with Crippen LogP contribution in [0.5, 0.6) is 0 Å². The molecule has 0 saturated carbocycles. The van der Waals surface area contributed by atoms with Crippen LogP contribution in [0.1, 0.15) is 26.5 Å². The summed E-state index contributed by atoms with van der Waals surface area (Å²) in [6.45, 7) is 5.00. The Morgan fingerprint density at radius 1 is 1.38 bits per heavy atom. The molecule has 1 heterocycles. The van der Waals surface area contributed by atoms with Crippen LogP contribution in [0.2, 0.25) is 0 Å². The molecule has 4 nitrogen and oxygen atoms in total. The fraction of sp³-hybridized carbons (Fsp3) is 0.778. The zero-order chi connectivity index (χ0) is 12.6. The first kappa shape index (κ1) is 13.0. The van der Waals surface area contributed by atoms with Gasteiger partial charge in [0.25, 0.3) is 0 Å². The number of halogens is 3. The van der Waals surface area contributed by atoms with Gasteiger partial charge in [-0.05, 0) is 0 Å². The van der Waals surface area contributed by atoms with Gasteiger partial charge >= 0.3 is 6.18 Å². The van der Waals surface area contributed by atoms with E-state index in [1.165, 1.54) is 6.20 Å². The third-order valence-electron chi connectivity index (χ3n) is 2.04. The fourth-order valence-corrected chi connectivity index (χ4v) is 1.01. The van der Waals surface area contributed by atoms with Gasteiger partial charge in [0.1, 0.15) is 0 Å². The van der Waals surface area contributed by atoms with Gasteiger partial charge in [-0.15, -0.1) is 5.10 Å². The summed E-state index contributed by atoms with van der Waals surface area (Å²) in [6, 6.07) is 0. The van der Waals surface area contributed by atoms with Crippen LogP contribution in [0.25, 0.3) is 0 Å². The topological polar surface area (TPSA) is 50.9 Å². The lowest BCUT2D eigenvalue weighted by atomic mass is 9.93. The van der Waals surface area contributed by atoms with Crippen molar-refractivity contribution in [1.29, 1.82) is 0 Å². The molecule has 0 saturated heterocycles. The molecule has 92 valence electrons. The Bertz CT molecular complexity index is 354. The molecule has 1 N–H and O–H groups in total. The molecule has 1 aromatic heterocycles. The first-order valence-corrected chi connectivity index (χ1v) is 4.76. The van der Waals surface area contributed by atoms with E-state index in [2.05, 4.69) is 10.3 Å². The van der Waals surface area contributed by atoms with Crippen LogP contribution >= 0.6 is 0 Å². The Hall–Kier alpha value is -1.11. The summed E-state index contributed by atoms with van der Waals surface area (Å²) in [6.07, 6.45) is -5.63. The van der Waals surface area contributed by atoms with Gasteiger partial charge in [-0.25, -0.2) is 4.68 Å². The monoisotopic (exact) mass is 237 g/mol. The van der Waals surface area contributed by atoms with E-state index in [1.807, 2.05) is 20.8 Å². The van der Waals surface area contributed by atoms with E-state index in [1.54, 1.807) is 0 Å². The van der Waals surface area contributed by atoms with Gasteiger partial charge in [0.05, 0.1) is 12.2 Å². The summed E-state index contributed by atoms with van der Waals surface area (Å²) in [5.74, 6) is 0. The van der Waals surface area contributed by atoms with Crippen molar-refractivity contribution in [3.8, 4) is 0 Å². The second-order valence-corrected chi connectivity index (χ2v) is 4.63. The summed E-state index contributed by atoms with van der Waals surface area (Å²) >= 11 is 0. The highest BCUT2D eigenvalue weighted by Crippen LogP contribution is 2.22. The van der Waals surface area contributed by atoms with E-state index in [9.17, 15) is 13.2 Å². The van der Waals surface area contributed by atoms with Crippen LogP contribution in [0, 0.1) is 0 Å². The summed E-state index contributed by atoms with van der Waals surface area (Å²) in [4.78, 5) is 0. The molecule has 0 aliphatic heterocycles. The maximum atomic E-state index is 12.1. The zero-order valence-corrected chi connectivity index (χ0v) is 9.28. The fourth-order valence-electron chi connectivity index (χ4n) is 1.01. The molecule has 0 fully saturated rings. The minimum Gasteiger partial charge on any atom is -0.382 e. The molecule has 1 unspecified atom stereocenters.